The standard InChI is InChI=1S/C28H43N5O9/c1-4-15(3)23(26(39)30-19(5-2)28(41)42)32-25(38)21-13-17(35)14-33(21)27(40)20(8-6-7-11-29)31-24(37)18-12-16(34)9-10-22(18)36/h9-10,12,15,17,19-21,23,34-36H,4-8,11,13-14,29H2,1-3H3,(H,30,39)(H,31,37)(H,32,38)(H,41,42)/t15-,17?,19-,20-,21-,23-/m0/s1. The number of aliphatic hydroxyl groups is 1. The van der Waals surface area contributed by atoms with Crippen molar-refractivity contribution in [1.82, 2.24) is 20.9 Å². The van der Waals surface area contributed by atoms with Crippen molar-refractivity contribution in [2.75, 3.05) is 13.1 Å². The summed E-state index contributed by atoms with van der Waals surface area (Å²) in [5.74, 6) is -5.13. The van der Waals surface area contributed by atoms with Gasteiger partial charge in [-0.05, 0) is 56.3 Å². The summed E-state index contributed by atoms with van der Waals surface area (Å²) in [6.07, 6.45) is 0.596. The highest BCUT2D eigenvalue weighted by Gasteiger charge is 2.43. The first-order valence-electron chi connectivity index (χ1n) is 14.2. The summed E-state index contributed by atoms with van der Waals surface area (Å²) in [6.45, 7) is 5.27. The molecule has 0 spiro atoms. The quantitative estimate of drug-likeness (QED) is 0.0985. The largest absolute Gasteiger partial charge is 0.508 e. The Morgan fingerprint density at radius 3 is 2.31 bits per heavy atom. The Bertz CT molecular complexity index is 1130. The second-order valence-electron chi connectivity index (χ2n) is 10.6. The van der Waals surface area contributed by atoms with E-state index in [1.165, 1.54) is 6.07 Å². The molecule has 0 aromatic heterocycles. The van der Waals surface area contributed by atoms with Crippen molar-refractivity contribution >= 4 is 29.6 Å². The molecule has 0 radical (unpaired) electrons. The topological polar surface area (TPSA) is 232 Å². The van der Waals surface area contributed by atoms with Crippen LogP contribution in [0, 0.1) is 5.92 Å². The van der Waals surface area contributed by atoms with Gasteiger partial charge in [0.05, 0.1) is 11.7 Å². The highest BCUT2D eigenvalue weighted by Crippen LogP contribution is 2.24. The van der Waals surface area contributed by atoms with Crippen LogP contribution in [0.25, 0.3) is 0 Å². The molecular formula is C28H43N5O9. The number of carboxylic acids is 1. The number of nitrogens with two attached hydrogens (primary N) is 1. The average Bonchev–Trinajstić information content (AvgIpc) is 3.35. The third kappa shape index (κ3) is 9.05. The van der Waals surface area contributed by atoms with Crippen molar-refractivity contribution in [2.45, 2.75) is 89.6 Å². The molecule has 0 saturated carbocycles. The molecule has 0 bridgehead atoms. The molecule has 1 saturated heterocycles. The SMILES string of the molecule is CC[C@H](NC(=O)[C@@H](NC(=O)[C@@H]1CC(O)CN1C(=O)[C@H](CCCCN)NC(=O)c1cc(O)ccc1O)[C@@H](C)CC)C(=O)O. The van der Waals surface area contributed by atoms with E-state index in [4.69, 9.17) is 5.73 Å². The van der Waals surface area contributed by atoms with Crippen LogP contribution in [0.15, 0.2) is 18.2 Å². The third-order valence-corrected chi connectivity index (χ3v) is 7.46. The zero-order valence-electron chi connectivity index (χ0n) is 24.2. The van der Waals surface area contributed by atoms with Gasteiger partial charge in [0.25, 0.3) is 5.91 Å². The minimum Gasteiger partial charge on any atom is -0.508 e. The molecule has 1 aliphatic heterocycles. The Morgan fingerprint density at radius 2 is 1.71 bits per heavy atom. The molecular weight excluding hydrogens is 550 g/mol. The van der Waals surface area contributed by atoms with Crippen LogP contribution in [0.1, 0.15) is 69.7 Å². The van der Waals surface area contributed by atoms with Crippen molar-refractivity contribution in [3.05, 3.63) is 23.8 Å². The van der Waals surface area contributed by atoms with Gasteiger partial charge in [-0.2, -0.15) is 0 Å². The summed E-state index contributed by atoms with van der Waals surface area (Å²) in [5, 5.41) is 47.2. The second-order valence-corrected chi connectivity index (χ2v) is 10.6. The van der Waals surface area contributed by atoms with E-state index in [2.05, 4.69) is 16.0 Å². The molecule has 1 fully saturated rings. The monoisotopic (exact) mass is 593 g/mol. The van der Waals surface area contributed by atoms with Crippen LogP contribution >= 0.6 is 0 Å². The van der Waals surface area contributed by atoms with Gasteiger partial charge in [0.1, 0.15) is 35.7 Å². The van der Waals surface area contributed by atoms with Gasteiger partial charge in [0.15, 0.2) is 0 Å². The molecule has 9 N–H and O–H groups in total. The molecule has 42 heavy (non-hydrogen) atoms. The van der Waals surface area contributed by atoms with Crippen molar-refractivity contribution < 1.29 is 44.4 Å². The number of carboxylic acid groups (broad SMARTS) is 1. The molecule has 1 aromatic rings. The maximum atomic E-state index is 13.7. The first-order chi connectivity index (χ1) is 19.8. The maximum Gasteiger partial charge on any atom is 0.326 e. The summed E-state index contributed by atoms with van der Waals surface area (Å²) in [6, 6.07) is -1.18. The summed E-state index contributed by atoms with van der Waals surface area (Å²) < 4.78 is 0. The number of phenolic OH excluding ortho intramolecular Hbond substituents is 2. The maximum absolute atomic E-state index is 13.7. The number of carbonyl (C=O) groups excluding carboxylic acids is 4. The van der Waals surface area contributed by atoms with Gasteiger partial charge in [-0.1, -0.05) is 27.2 Å². The second kappa shape index (κ2) is 15.9. The number of nitrogens with zero attached hydrogens (tertiary/aromatic N) is 1. The van der Waals surface area contributed by atoms with Gasteiger partial charge in [0, 0.05) is 13.0 Å². The van der Waals surface area contributed by atoms with E-state index in [-0.39, 0.29) is 43.0 Å². The van der Waals surface area contributed by atoms with Crippen LogP contribution in [-0.4, -0.2) is 98.3 Å². The number of aliphatic hydroxyl groups excluding tert-OH is 1. The van der Waals surface area contributed by atoms with Crippen LogP contribution in [-0.2, 0) is 19.2 Å². The van der Waals surface area contributed by atoms with E-state index in [9.17, 15) is 44.4 Å². The number of nitrogens with one attached hydrogen (secondary N) is 3. The number of amides is 4. The van der Waals surface area contributed by atoms with Crippen molar-refractivity contribution in [1.29, 1.82) is 0 Å². The van der Waals surface area contributed by atoms with Crippen LogP contribution in [0.3, 0.4) is 0 Å². The van der Waals surface area contributed by atoms with E-state index in [1.807, 2.05) is 0 Å². The molecule has 2 rings (SSSR count). The summed E-state index contributed by atoms with van der Waals surface area (Å²) in [4.78, 5) is 65.7. The fourth-order valence-corrected chi connectivity index (χ4v) is 4.75. The van der Waals surface area contributed by atoms with E-state index in [0.29, 0.717) is 25.8 Å². The third-order valence-electron chi connectivity index (χ3n) is 7.46. The Kier molecular flexibility index (Phi) is 13.0. The van der Waals surface area contributed by atoms with Gasteiger partial charge in [-0.15, -0.1) is 0 Å². The molecule has 0 aliphatic carbocycles. The first kappa shape index (κ1) is 34.3. The number of hydrogen-bond acceptors (Lipinski definition) is 9. The highest BCUT2D eigenvalue weighted by atomic mass is 16.4. The summed E-state index contributed by atoms with van der Waals surface area (Å²) in [5.41, 5.74) is 5.34. The van der Waals surface area contributed by atoms with Crippen molar-refractivity contribution in [3.8, 4) is 11.5 Å². The number of β-amino-alcohol motifs (C(OH)–C–C–N with tert-alkyl or cyclic N) is 1. The van der Waals surface area contributed by atoms with Crippen LogP contribution in [0.2, 0.25) is 0 Å². The molecule has 14 nitrogen and oxygen atoms in total. The number of aromatic hydroxyl groups is 2. The Labute approximate surface area is 244 Å². The number of rotatable bonds is 15. The average molecular weight is 594 g/mol. The predicted octanol–water partition coefficient (Wildman–Crippen LogP) is -0.203. The minimum absolute atomic E-state index is 0.115. The van der Waals surface area contributed by atoms with E-state index < -0.39 is 65.6 Å². The van der Waals surface area contributed by atoms with Crippen molar-refractivity contribution in [2.24, 2.45) is 11.7 Å². The number of benzene rings is 1. The van der Waals surface area contributed by atoms with Gasteiger partial charge >= 0.3 is 5.97 Å². The molecule has 1 unspecified atom stereocenters. The smallest absolute Gasteiger partial charge is 0.326 e. The van der Waals surface area contributed by atoms with Gasteiger partial charge < -0.3 is 47.0 Å². The van der Waals surface area contributed by atoms with Gasteiger partial charge in [-0.25, -0.2) is 4.79 Å². The van der Waals surface area contributed by atoms with E-state index in [0.717, 1.165) is 17.0 Å². The van der Waals surface area contributed by atoms with Crippen molar-refractivity contribution in [3.63, 3.8) is 0 Å². The van der Waals surface area contributed by atoms with Crippen LogP contribution < -0.4 is 21.7 Å². The zero-order valence-corrected chi connectivity index (χ0v) is 24.2. The molecule has 1 heterocycles. The zero-order chi connectivity index (χ0) is 31.6. The number of likely N-dealkylation sites (tertiary alicyclic amines) is 1. The fourth-order valence-electron chi connectivity index (χ4n) is 4.75. The molecule has 4 amide bonds. The lowest BCUT2D eigenvalue weighted by molar-refractivity contribution is -0.143. The first-order valence-corrected chi connectivity index (χ1v) is 14.2. The lowest BCUT2D eigenvalue weighted by Gasteiger charge is -2.31. The lowest BCUT2D eigenvalue weighted by Crippen LogP contribution is -2.58. The number of unbranched alkanes of at least 4 members (excludes halogenated alkanes) is 1. The molecule has 1 aromatic carbocycles. The lowest BCUT2D eigenvalue weighted by atomic mass is 9.97. The van der Waals surface area contributed by atoms with E-state index >= 15 is 0 Å². The Balaban J connectivity index is 2.28. The number of carbonyl (C=O) groups is 5. The van der Waals surface area contributed by atoms with Gasteiger partial charge in [-0.3, -0.25) is 19.2 Å². The number of hydrogen-bond donors (Lipinski definition) is 8. The summed E-state index contributed by atoms with van der Waals surface area (Å²) in [7, 11) is 0. The molecule has 1 aliphatic rings. The molecule has 6 atom stereocenters. The van der Waals surface area contributed by atoms with Gasteiger partial charge in [0.2, 0.25) is 17.7 Å². The highest BCUT2D eigenvalue weighted by molar-refractivity contribution is 6.01. The van der Waals surface area contributed by atoms with E-state index in [1.54, 1.807) is 20.8 Å². The predicted molar refractivity (Wildman–Crippen MR) is 151 cm³/mol. The Morgan fingerprint density at radius 1 is 1.02 bits per heavy atom. The Hall–Kier alpha value is -3.91. The fraction of sp³-hybridized carbons (Fsp3) is 0.607. The van der Waals surface area contributed by atoms with Crippen LogP contribution in [0.5, 0.6) is 11.5 Å². The summed E-state index contributed by atoms with van der Waals surface area (Å²) >= 11 is 0. The minimum atomic E-state index is -1.21. The molecule has 14 heteroatoms. The normalized spacial score (nSPS) is 19.3. The molecule has 234 valence electrons. The number of aliphatic carboxylic acids is 1. The van der Waals surface area contributed by atoms with Crippen LogP contribution in [0.4, 0.5) is 0 Å². The number of phenols is 2.